The zero-order chi connectivity index (χ0) is 15.0. The van der Waals surface area contributed by atoms with Crippen LogP contribution in [0.5, 0.6) is 0 Å². The monoisotopic (exact) mass is 304 g/mol. The molecule has 0 radical (unpaired) electrons. The lowest BCUT2D eigenvalue weighted by molar-refractivity contribution is -0.0482. The van der Waals surface area contributed by atoms with E-state index in [-0.39, 0.29) is 0 Å². The van der Waals surface area contributed by atoms with Gasteiger partial charge in [0.15, 0.2) is 11.4 Å². The molecular weight excluding hydrogens is 292 g/mol. The van der Waals surface area contributed by atoms with Crippen LogP contribution in [0.4, 0.5) is 5.82 Å². The van der Waals surface area contributed by atoms with E-state index in [4.69, 9.17) is 21.6 Å². The fourth-order valence-corrected chi connectivity index (χ4v) is 2.73. The minimum absolute atomic E-state index is 0.336. The average Bonchev–Trinajstić information content (AvgIpc) is 2.87. The lowest BCUT2D eigenvalue weighted by Crippen LogP contribution is -2.62. The zero-order valence-corrected chi connectivity index (χ0v) is 12.4. The maximum atomic E-state index is 8.94. The SMILES string of the molecule is COC1(c2ncnn2C)CN(c2nc(C#N)ccc2Cl)C1. The number of anilines is 1. The van der Waals surface area contributed by atoms with Crippen LogP contribution in [0.15, 0.2) is 18.5 Å². The molecule has 8 heteroatoms. The lowest BCUT2D eigenvalue weighted by atomic mass is 9.92. The number of aryl methyl sites for hydroxylation is 1. The molecule has 0 amide bonds. The van der Waals surface area contributed by atoms with Gasteiger partial charge in [-0.25, -0.2) is 9.97 Å². The maximum absolute atomic E-state index is 8.94. The number of methoxy groups -OCH3 is 1. The van der Waals surface area contributed by atoms with Crippen LogP contribution < -0.4 is 4.90 Å². The van der Waals surface area contributed by atoms with Gasteiger partial charge in [0.25, 0.3) is 0 Å². The Bertz CT molecular complexity index is 716. The van der Waals surface area contributed by atoms with Gasteiger partial charge in [-0.1, -0.05) is 11.6 Å². The van der Waals surface area contributed by atoms with Crippen LogP contribution in [-0.2, 0) is 17.4 Å². The van der Waals surface area contributed by atoms with Crippen molar-refractivity contribution >= 4 is 17.4 Å². The molecule has 0 atom stereocenters. The van der Waals surface area contributed by atoms with Gasteiger partial charge in [-0.15, -0.1) is 0 Å². The summed E-state index contributed by atoms with van der Waals surface area (Å²) in [6.45, 7) is 1.11. The average molecular weight is 305 g/mol. The van der Waals surface area contributed by atoms with Crippen LogP contribution in [0.3, 0.4) is 0 Å². The van der Waals surface area contributed by atoms with Crippen LogP contribution in [0.1, 0.15) is 11.5 Å². The van der Waals surface area contributed by atoms with Gasteiger partial charge in [0, 0.05) is 14.2 Å². The number of aromatic nitrogens is 4. The number of ether oxygens (including phenoxy) is 1. The maximum Gasteiger partial charge on any atom is 0.162 e. The summed E-state index contributed by atoms with van der Waals surface area (Å²) in [6, 6.07) is 5.29. The molecular formula is C13H13ClN6O. The predicted octanol–water partition coefficient (Wildman–Crippen LogP) is 1.10. The van der Waals surface area contributed by atoms with Crippen LogP contribution in [0.2, 0.25) is 5.02 Å². The van der Waals surface area contributed by atoms with Gasteiger partial charge in [-0.05, 0) is 12.1 Å². The van der Waals surface area contributed by atoms with Crippen molar-refractivity contribution in [2.75, 3.05) is 25.1 Å². The standard InChI is InChI=1S/C13H13ClN6O/c1-19-12(16-8-17-19)13(21-2)6-20(7-13)11-10(14)4-3-9(5-15)18-11/h3-4,8H,6-7H2,1-2H3. The minimum atomic E-state index is -0.529. The first-order chi connectivity index (χ1) is 10.1. The second-order valence-corrected chi connectivity index (χ2v) is 5.28. The molecule has 0 unspecified atom stereocenters. The van der Waals surface area contributed by atoms with Crippen molar-refractivity contribution in [3.63, 3.8) is 0 Å². The summed E-state index contributed by atoms with van der Waals surface area (Å²) < 4.78 is 7.34. The summed E-state index contributed by atoms with van der Waals surface area (Å²) in [5.41, 5.74) is -0.193. The first-order valence-corrected chi connectivity index (χ1v) is 6.68. The van der Waals surface area contributed by atoms with E-state index in [9.17, 15) is 0 Å². The van der Waals surface area contributed by atoms with Gasteiger partial charge in [0.1, 0.15) is 23.9 Å². The number of hydrogen-bond acceptors (Lipinski definition) is 6. The van der Waals surface area contributed by atoms with Crippen molar-refractivity contribution in [1.82, 2.24) is 19.7 Å². The second kappa shape index (κ2) is 4.98. The first-order valence-electron chi connectivity index (χ1n) is 6.31. The third kappa shape index (κ3) is 2.13. The molecule has 7 nitrogen and oxygen atoms in total. The molecule has 0 saturated carbocycles. The second-order valence-electron chi connectivity index (χ2n) is 4.88. The predicted molar refractivity (Wildman–Crippen MR) is 75.9 cm³/mol. The number of nitriles is 1. The highest BCUT2D eigenvalue weighted by molar-refractivity contribution is 6.33. The van der Waals surface area contributed by atoms with E-state index in [2.05, 4.69) is 15.1 Å². The molecule has 2 aromatic heterocycles. The number of pyridine rings is 1. The molecule has 0 spiro atoms. The molecule has 1 saturated heterocycles. The van der Waals surface area contributed by atoms with Gasteiger partial charge >= 0.3 is 0 Å². The molecule has 1 aliphatic rings. The van der Waals surface area contributed by atoms with E-state index in [0.29, 0.717) is 29.6 Å². The van der Waals surface area contributed by atoms with Gasteiger partial charge in [0.2, 0.25) is 0 Å². The summed E-state index contributed by atoms with van der Waals surface area (Å²) in [5.74, 6) is 1.35. The van der Waals surface area contributed by atoms with Crippen molar-refractivity contribution in [2.45, 2.75) is 5.60 Å². The molecule has 0 aromatic carbocycles. The van der Waals surface area contributed by atoms with Crippen LogP contribution in [0.25, 0.3) is 0 Å². The molecule has 2 aromatic rings. The Hall–Kier alpha value is -2.17. The van der Waals surface area contributed by atoms with E-state index in [1.165, 1.54) is 6.33 Å². The molecule has 0 aliphatic carbocycles. The van der Waals surface area contributed by atoms with Gasteiger partial charge in [-0.3, -0.25) is 4.68 Å². The Labute approximate surface area is 126 Å². The summed E-state index contributed by atoms with van der Waals surface area (Å²) in [5, 5.41) is 13.5. The smallest absolute Gasteiger partial charge is 0.162 e. The highest BCUT2D eigenvalue weighted by Gasteiger charge is 2.49. The Morgan fingerprint density at radius 2 is 2.19 bits per heavy atom. The van der Waals surface area contributed by atoms with Gasteiger partial charge in [0.05, 0.1) is 18.1 Å². The van der Waals surface area contributed by atoms with Crippen molar-refractivity contribution in [3.8, 4) is 6.07 Å². The number of halogens is 1. The number of rotatable bonds is 3. The van der Waals surface area contributed by atoms with E-state index >= 15 is 0 Å². The molecule has 3 rings (SSSR count). The van der Waals surface area contributed by atoms with Gasteiger partial charge in [-0.2, -0.15) is 10.4 Å². The third-order valence-electron chi connectivity index (χ3n) is 3.64. The van der Waals surface area contributed by atoms with E-state index in [1.54, 1.807) is 23.9 Å². The molecule has 1 aliphatic heterocycles. The Morgan fingerprint density at radius 1 is 1.43 bits per heavy atom. The first kappa shape index (κ1) is 13.8. The van der Waals surface area contributed by atoms with Crippen LogP contribution in [-0.4, -0.2) is 39.9 Å². The van der Waals surface area contributed by atoms with Crippen LogP contribution >= 0.6 is 11.6 Å². The fraction of sp³-hybridized carbons (Fsp3) is 0.385. The van der Waals surface area contributed by atoms with Crippen molar-refractivity contribution in [3.05, 3.63) is 35.0 Å². The highest BCUT2D eigenvalue weighted by Crippen LogP contribution is 2.38. The van der Waals surface area contributed by atoms with Crippen molar-refractivity contribution in [1.29, 1.82) is 5.26 Å². The number of hydrogen-bond donors (Lipinski definition) is 0. The molecule has 1 fully saturated rings. The lowest BCUT2D eigenvalue weighted by Gasteiger charge is -2.48. The minimum Gasteiger partial charge on any atom is -0.366 e. The van der Waals surface area contributed by atoms with Gasteiger partial charge < -0.3 is 9.64 Å². The highest BCUT2D eigenvalue weighted by atomic mass is 35.5. The Balaban J connectivity index is 1.88. The topological polar surface area (TPSA) is 79.9 Å². The van der Waals surface area contributed by atoms with Crippen molar-refractivity contribution in [2.24, 2.45) is 7.05 Å². The van der Waals surface area contributed by atoms with E-state index in [0.717, 1.165) is 5.82 Å². The zero-order valence-electron chi connectivity index (χ0n) is 11.6. The summed E-state index contributed by atoms with van der Waals surface area (Å²) >= 11 is 6.17. The number of nitrogens with zero attached hydrogens (tertiary/aromatic N) is 6. The van der Waals surface area contributed by atoms with Crippen LogP contribution in [0, 0.1) is 11.3 Å². The van der Waals surface area contributed by atoms with E-state index < -0.39 is 5.60 Å². The van der Waals surface area contributed by atoms with E-state index in [1.807, 2.05) is 18.0 Å². The Kier molecular flexibility index (Phi) is 3.27. The van der Waals surface area contributed by atoms with Crippen molar-refractivity contribution < 1.29 is 4.74 Å². The molecule has 0 bridgehead atoms. The third-order valence-corrected chi connectivity index (χ3v) is 3.94. The summed E-state index contributed by atoms with van der Waals surface area (Å²) in [6.07, 6.45) is 1.50. The normalized spacial score (nSPS) is 16.4. The molecule has 3 heterocycles. The fourth-order valence-electron chi connectivity index (χ4n) is 2.51. The molecule has 0 N–H and O–H groups in total. The summed E-state index contributed by atoms with van der Waals surface area (Å²) in [7, 11) is 3.47. The quantitative estimate of drug-likeness (QED) is 0.844. The largest absolute Gasteiger partial charge is 0.366 e. The summed E-state index contributed by atoms with van der Waals surface area (Å²) in [4.78, 5) is 10.5. The Morgan fingerprint density at radius 3 is 2.76 bits per heavy atom. The molecule has 108 valence electrons. The molecule has 21 heavy (non-hydrogen) atoms.